The van der Waals surface area contributed by atoms with Gasteiger partial charge in [0.2, 0.25) is 5.91 Å². The first-order valence-corrected chi connectivity index (χ1v) is 9.98. The second-order valence-corrected chi connectivity index (χ2v) is 7.69. The Morgan fingerprint density at radius 1 is 1.21 bits per heavy atom. The predicted octanol–water partition coefficient (Wildman–Crippen LogP) is 2.45. The highest BCUT2D eigenvalue weighted by Crippen LogP contribution is 2.16. The van der Waals surface area contributed by atoms with E-state index in [2.05, 4.69) is 20.0 Å². The summed E-state index contributed by atoms with van der Waals surface area (Å²) in [6, 6.07) is 7.84. The standard InChI is InChI=1S/C20H23N3O5S/c1-12(2)8-17(25)21-14-6-4-13(5-7-14)16(24)11-29-20-22-15(9-18(26)23-20)10-19(27)28-3/h4-7,9,12H,8,10-11H2,1-3H3,(H,21,25)(H,22,23,26). The number of H-pyrrole nitrogens is 1. The number of benzene rings is 1. The molecular weight excluding hydrogens is 394 g/mol. The molecule has 0 aliphatic rings. The summed E-state index contributed by atoms with van der Waals surface area (Å²) in [6.07, 6.45) is 0.309. The normalized spacial score (nSPS) is 10.6. The molecule has 2 rings (SSSR count). The minimum Gasteiger partial charge on any atom is -0.469 e. The number of hydrogen-bond acceptors (Lipinski definition) is 7. The highest BCUT2D eigenvalue weighted by atomic mass is 32.2. The number of nitrogens with one attached hydrogen (secondary N) is 2. The van der Waals surface area contributed by atoms with Crippen LogP contribution in [0, 0.1) is 5.92 Å². The lowest BCUT2D eigenvalue weighted by Gasteiger charge is -2.08. The molecule has 2 aromatic rings. The number of nitrogens with zero attached hydrogens (tertiary/aromatic N) is 1. The van der Waals surface area contributed by atoms with E-state index in [1.165, 1.54) is 13.2 Å². The molecule has 0 aliphatic heterocycles. The summed E-state index contributed by atoms with van der Waals surface area (Å²) < 4.78 is 4.56. The molecule has 1 aromatic heterocycles. The van der Waals surface area contributed by atoms with Crippen molar-refractivity contribution >= 4 is 35.1 Å². The molecule has 8 nitrogen and oxygen atoms in total. The molecule has 29 heavy (non-hydrogen) atoms. The van der Waals surface area contributed by atoms with Gasteiger partial charge in [0.1, 0.15) is 0 Å². The molecule has 0 fully saturated rings. The van der Waals surface area contributed by atoms with Crippen LogP contribution in [0.5, 0.6) is 0 Å². The molecule has 0 atom stereocenters. The Balaban J connectivity index is 1.96. The topological polar surface area (TPSA) is 118 Å². The molecule has 0 spiro atoms. The van der Waals surface area contributed by atoms with Crippen molar-refractivity contribution < 1.29 is 19.1 Å². The predicted molar refractivity (Wildman–Crippen MR) is 110 cm³/mol. The highest BCUT2D eigenvalue weighted by molar-refractivity contribution is 7.99. The SMILES string of the molecule is COC(=O)Cc1cc(=O)[nH]c(SCC(=O)c2ccc(NC(=O)CC(C)C)cc2)n1. The van der Waals surface area contributed by atoms with Crippen molar-refractivity contribution in [3.63, 3.8) is 0 Å². The lowest BCUT2D eigenvalue weighted by molar-refractivity contribution is -0.139. The number of hydrogen-bond donors (Lipinski definition) is 2. The average Bonchev–Trinajstić information content (AvgIpc) is 2.65. The third kappa shape index (κ3) is 7.53. The van der Waals surface area contributed by atoms with E-state index in [1.807, 2.05) is 13.8 Å². The first kappa shape index (κ1) is 22.4. The van der Waals surface area contributed by atoms with Gasteiger partial charge in [-0.25, -0.2) is 4.98 Å². The zero-order valence-corrected chi connectivity index (χ0v) is 17.3. The first-order chi connectivity index (χ1) is 13.8. The van der Waals surface area contributed by atoms with Gasteiger partial charge in [-0.1, -0.05) is 25.6 Å². The first-order valence-electron chi connectivity index (χ1n) is 8.99. The number of carbonyl (C=O) groups excluding carboxylic acids is 3. The van der Waals surface area contributed by atoms with Crippen LogP contribution in [0.3, 0.4) is 0 Å². The van der Waals surface area contributed by atoms with Gasteiger partial charge in [-0.15, -0.1) is 0 Å². The van der Waals surface area contributed by atoms with Gasteiger partial charge in [0.05, 0.1) is 25.0 Å². The van der Waals surface area contributed by atoms with E-state index >= 15 is 0 Å². The van der Waals surface area contributed by atoms with Gasteiger partial charge in [0.15, 0.2) is 10.9 Å². The van der Waals surface area contributed by atoms with Crippen LogP contribution in [-0.4, -0.2) is 40.5 Å². The van der Waals surface area contributed by atoms with Gasteiger partial charge in [-0.3, -0.25) is 19.2 Å². The second kappa shape index (κ2) is 10.6. The van der Waals surface area contributed by atoms with E-state index in [0.29, 0.717) is 17.7 Å². The van der Waals surface area contributed by atoms with Crippen molar-refractivity contribution in [1.82, 2.24) is 9.97 Å². The molecule has 0 radical (unpaired) electrons. The summed E-state index contributed by atoms with van der Waals surface area (Å²) in [4.78, 5) is 53.9. The van der Waals surface area contributed by atoms with Crippen LogP contribution in [0.15, 0.2) is 40.3 Å². The maximum atomic E-state index is 12.4. The van der Waals surface area contributed by atoms with Gasteiger partial charge in [0.25, 0.3) is 5.56 Å². The van der Waals surface area contributed by atoms with Gasteiger partial charge < -0.3 is 15.0 Å². The molecule has 1 aromatic carbocycles. The van der Waals surface area contributed by atoms with Crippen molar-refractivity contribution in [1.29, 1.82) is 0 Å². The number of ether oxygens (including phenoxy) is 1. The van der Waals surface area contributed by atoms with E-state index in [4.69, 9.17) is 0 Å². The average molecular weight is 417 g/mol. The van der Waals surface area contributed by atoms with Crippen molar-refractivity contribution in [3.05, 3.63) is 51.9 Å². The zero-order valence-electron chi connectivity index (χ0n) is 16.5. The Kier molecular flexibility index (Phi) is 8.14. The van der Waals surface area contributed by atoms with Crippen molar-refractivity contribution in [3.8, 4) is 0 Å². The van der Waals surface area contributed by atoms with Crippen LogP contribution >= 0.6 is 11.8 Å². The molecule has 0 aliphatic carbocycles. The Morgan fingerprint density at radius 2 is 1.90 bits per heavy atom. The lowest BCUT2D eigenvalue weighted by Crippen LogP contribution is -2.15. The smallest absolute Gasteiger partial charge is 0.311 e. The summed E-state index contributed by atoms with van der Waals surface area (Å²) in [5.41, 5.74) is 0.973. The number of carbonyl (C=O) groups is 3. The lowest BCUT2D eigenvalue weighted by atomic mass is 10.1. The van der Waals surface area contributed by atoms with E-state index in [1.54, 1.807) is 24.3 Å². The van der Waals surface area contributed by atoms with Gasteiger partial charge in [0, 0.05) is 23.7 Å². The fraction of sp³-hybridized carbons (Fsp3) is 0.350. The summed E-state index contributed by atoms with van der Waals surface area (Å²) in [5.74, 6) is -0.411. The fourth-order valence-corrected chi connectivity index (χ4v) is 3.19. The van der Waals surface area contributed by atoms with Crippen LogP contribution in [-0.2, 0) is 20.7 Å². The Labute approximate surface area is 172 Å². The number of esters is 1. The van der Waals surface area contributed by atoms with E-state index < -0.39 is 11.5 Å². The molecule has 0 unspecified atom stereocenters. The summed E-state index contributed by atoms with van der Waals surface area (Å²) in [5, 5.41) is 3.04. The molecule has 2 N–H and O–H groups in total. The fourth-order valence-electron chi connectivity index (χ4n) is 2.40. The molecule has 1 amide bonds. The number of anilines is 1. The molecule has 1 heterocycles. The number of aromatic nitrogens is 2. The van der Waals surface area contributed by atoms with Crippen LogP contribution in [0.2, 0.25) is 0 Å². The van der Waals surface area contributed by atoms with Crippen molar-refractivity contribution in [2.75, 3.05) is 18.2 Å². The van der Waals surface area contributed by atoms with Crippen LogP contribution < -0.4 is 10.9 Å². The number of rotatable bonds is 9. The quantitative estimate of drug-likeness (QED) is 0.278. The molecular formula is C20H23N3O5S. The van der Waals surface area contributed by atoms with Crippen molar-refractivity contribution in [2.45, 2.75) is 31.8 Å². The summed E-state index contributed by atoms with van der Waals surface area (Å²) in [6.45, 7) is 3.93. The molecule has 9 heteroatoms. The third-order valence-corrected chi connectivity index (χ3v) is 4.62. The van der Waals surface area contributed by atoms with Crippen molar-refractivity contribution in [2.24, 2.45) is 5.92 Å². The molecule has 0 saturated carbocycles. The van der Waals surface area contributed by atoms with Gasteiger partial charge >= 0.3 is 5.97 Å². The number of thioether (sulfide) groups is 1. The number of amides is 1. The van der Waals surface area contributed by atoms with Crippen LogP contribution in [0.25, 0.3) is 0 Å². The number of aromatic amines is 1. The van der Waals surface area contributed by atoms with Crippen LogP contribution in [0.4, 0.5) is 5.69 Å². The molecule has 0 saturated heterocycles. The van der Waals surface area contributed by atoms with E-state index in [-0.39, 0.29) is 40.6 Å². The molecule has 154 valence electrons. The summed E-state index contributed by atoms with van der Waals surface area (Å²) in [7, 11) is 1.25. The minimum atomic E-state index is -0.504. The van der Waals surface area contributed by atoms with Gasteiger partial charge in [-0.2, -0.15) is 0 Å². The van der Waals surface area contributed by atoms with Crippen LogP contribution in [0.1, 0.15) is 36.3 Å². The maximum Gasteiger partial charge on any atom is 0.311 e. The van der Waals surface area contributed by atoms with E-state index in [9.17, 15) is 19.2 Å². The number of Topliss-reactive ketones (excluding diaryl/α,β-unsaturated/α-hetero) is 1. The second-order valence-electron chi connectivity index (χ2n) is 6.73. The van der Waals surface area contributed by atoms with E-state index in [0.717, 1.165) is 11.8 Å². The minimum absolute atomic E-state index is 0.0592. The monoisotopic (exact) mass is 417 g/mol. The highest BCUT2D eigenvalue weighted by Gasteiger charge is 2.12. The number of ketones is 1. The summed E-state index contributed by atoms with van der Waals surface area (Å²) >= 11 is 1.07. The Hall–Kier alpha value is -2.94. The largest absolute Gasteiger partial charge is 0.469 e. The third-order valence-electron chi connectivity index (χ3n) is 3.75. The Morgan fingerprint density at radius 3 is 2.52 bits per heavy atom. The zero-order chi connectivity index (χ0) is 21.4. The Bertz CT molecular complexity index is 938. The van der Waals surface area contributed by atoms with Gasteiger partial charge in [-0.05, 0) is 30.2 Å². The maximum absolute atomic E-state index is 12.4. The number of methoxy groups -OCH3 is 1. The molecule has 0 bridgehead atoms.